The van der Waals surface area contributed by atoms with Gasteiger partial charge in [-0.2, -0.15) is 0 Å². The molecule has 0 unspecified atom stereocenters. The Balaban J connectivity index is 2.17. The van der Waals surface area contributed by atoms with Gasteiger partial charge in [0.25, 0.3) is 5.69 Å². The number of benzene rings is 2. The van der Waals surface area contributed by atoms with Gasteiger partial charge in [-0.15, -0.1) is 0 Å². The molecule has 0 spiro atoms. The molecule has 0 aliphatic rings. The molecule has 0 radical (unpaired) electrons. The van der Waals surface area contributed by atoms with E-state index in [0.29, 0.717) is 11.1 Å². The van der Waals surface area contributed by atoms with Gasteiger partial charge in [-0.3, -0.25) is 10.1 Å². The first kappa shape index (κ1) is 14.5. The molecule has 0 aliphatic heterocycles. The Kier molecular flexibility index (Phi) is 4.39. The minimum atomic E-state index is -0.411. The van der Waals surface area contributed by atoms with Crippen LogP contribution in [0.3, 0.4) is 0 Å². The van der Waals surface area contributed by atoms with Gasteiger partial charge in [0.2, 0.25) is 0 Å². The molecule has 2 aromatic rings. The van der Waals surface area contributed by atoms with E-state index in [2.05, 4.69) is 15.9 Å². The summed E-state index contributed by atoms with van der Waals surface area (Å²) in [5.74, 6) is 0.801. The topological polar surface area (TPSA) is 52.4 Å². The zero-order valence-electron chi connectivity index (χ0n) is 11.2. The zero-order chi connectivity index (χ0) is 14.7. The summed E-state index contributed by atoms with van der Waals surface area (Å²) < 4.78 is 6.21. The van der Waals surface area contributed by atoms with Crippen LogP contribution in [0.5, 0.6) is 5.75 Å². The lowest BCUT2D eigenvalue weighted by Crippen LogP contribution is -1.99. The summed E-state index contributed by atoms with van der Waals surface area (Å²) in [6.45, 7) is 4.27. The predicted octanol–water partition coefficient (Wildman–Crippen LogP) is 4.55. The van der Waals surface area contributed by atoms with Crippen LogP contribution in [0.25, 0.3) is 0 Å². The van der Waals surface area contributed by atoms with Crippen LogP contribution in [-0.2, 0) is 6.61 Å². The molecule has 0 N–H and O–H groups in total. The van der Waals surface area contributed by atoms with Crippen molar-refractivity contribution in [2.24, 2.45) is 0 Å². The fourth-order valence-electron chi connectivity index (χ4n) is 1.81. The highest BCUT2D eigenvalue weighted by molar-refractivity contribution is 9.10. The van der Waals surface area contributed by atoms with Crippen molar-refractivity contribution in [3.8, 4) is 5.75 Å². The molecule has 2 rings (SSSR count). The first-order chi connectivity index (χ1) is 9.47. The molecule has 2 aromatic carbocycles. The molecule has 0 fully saturated rings. The third-order valence-electron chi connectivity index (χ3n) is 2.95. The smallest absolute Gasteiger partial charge is 0.283 e. The molecule has 4 nitrogen and oxygen atoms in total. The molecule has 0 atom stereocenters. The molecule has 0 aliphatic carbocycles. The third-order valence-corrected chi connectivity index (χ3v) is 3.62. The molecule has 0 aromatic heterocycles. The van der Waals surface area contributed by atoms with Gasteiger partial charge in [0.05, 0.1) is 9.40 Å². The van der Waals surface area contributed by atoms with Gasteiger partial charge in [-0.05, 0) is 58.6 Å². The molecular formula is C15H14BrNO3. The number of rotatable bonds is 4. The maximum Gasteiger partial charge on any atom is 0.283 e. The summed E-state index contributed by atoms with van der Waals surface area (Å²) >= 11 is 3.17. The van der Waals surface area contributed by atoms with Gasteiger partial charge in [0.15, 0.2) is 0 Å². The fourth-order valence-corrected chi connectivity index (χ4v) is 2.20. The molecule has 0 saturated heterocycles. The number of hydrogen-bond acceptors (Lipinski definition) is 3. The lowest BCUT2D eigenvalue weighted by molar-refractivity contribution is -0.385. The van der Waals surface area contributed by atoms with Crippen molar-refractivity contribution in [1.82, 2.24) is 0 Å². The van der Waals surface area contributed by atoms with Crippen LogP contribution in [0, 0.1) is 24.0 Å². The average Bonchev–Trinajstić information content (AvgIpc) is 2.41. The third kappa shape index (κ3) is 3.36. The van der Waals surface area contributed by atoms with Crippen LogP contribution in [0.4, 0.5) is 5.69 Å². The Bertz CT molecular complexity index is 656. The summed E-state index contributed by atoms with van der Waals surface area (Å²) in [6, 6.07) is 11.0. The molecule has 0 saturated carbocycles. The van der Waals surface area contributed by atoms with Gasteiger partial charge in [-0.1, -0.05) is 18.2 Å². The first-order valence-corrected chi connectivity index (χ1v) is 6.89. The highest BCUT2D eigenvalue weighted by Gasteiger charge is 2.12. The molecule has 0 bridgehead atoms. The first-order valence-electron chi connectivity index (χ1n) is 6.10. The minimum absolute atomic E-state index is 0.0482. The maximum absolute atomic E-state index is 10.9. The standard InChI is InChI=1S/C15H14BrNO3/c1-10-3-4-11(2)15(7-10)20-9-12-5-6-13(16)14(8-12)17(18)19/h3-8H,9H2,1-2H3. The number of hydrogen-bond donors (Lipinski definition) is 0. The summed E-state index contributed by atoms with van der Waals surface area (Å²) in [4.78, 5) is 10.5. The Morgan fingerprint density at radius 3 is 2.65 bits per heavy atom. The highest BCUT2D eigenvalue weighted by Crippen LogP contribution is 2.27. The van der Waals surface area contributed by atoms with Gasteiger partial charge in [0.1, 0.15) is 12.4 Å². The molecule has 20 heavy (non-hydrogen) atoms. The van der Waals surface area contributed by atoms with E-state index < -0.39 is 4.92 Å². The van der Waals surface area contributed by atoms with Crippen LogP contribution in [0.1, 0.15) is 16.7 Å². The van der Waals surface area contributed by atoms with Crippen molar-refractivity contribution in [2.75, 3.05) is 0 Å². The van der Waals surface area contributed by atoms with Crippen molar-refractivity contribution in [3.63, 3.8) is 0 Å². The van der Waals surface area contributed by atoms with Crippen LogP contribution >= 0.6 is 15.9 Å². The van der Waals surface area contributed by atoms with E-state index >= 15 is 0 Å². The number of nitro groups is 1. The van der Waals surface area contributed by atoms with Crippen LogP contribution in [-0.4, -0.2) is 4.92 Å². The van der Waals surface area contributed by atoms with Crippen LogP contribution < -0.4 is 4.74 Å². The zero-order valence-corrected chi connectivity index (χ0v) is 12.8. The second-order valence-electron chi connectivity index (χ2n) is 4.60. The average molecular weight is 336 g/mol. The van der Waals surface area contributed by atoms with E-state index in [9.17, 15) is 10.1 Å². The van der Waals surface area contributed by atoms with E-state index in [-0.39, 0.29) is 5.69 Å². The second-order valence-corrected chi connectivity index (χ2v) is 5.45. The van der Waals surface area contributed by atoms with Crippen molar-refractivity contribution in [3.05, 3.63) is 67.7 Å². The van der Waals surface area contributed by atoms with Crippen molar-refractivity contribution in [2.45, 2.75) is 20.5 Å². The van der Waals surface area contributed by atoms with Gasteiger partial charge in [-0.25, -0.2) is 0 Å². The fraction of sp³-hybridized carbons (Fsp3) is 0.200. The van der Waals surface area contributed by atoms with E-state index in [4.69, 9.17) is 4.74 Å². The normalized spacial score (nSPS) is 10.3. The Hall–Kier alpha value is -1.88. The highest BCUT2D eigenvalue weighted by atomic mass is 79.9. The Labute approximate surface area is 125 Å². The van der Waals surface area contributed by atoms with Crippen LogP contribution in [0.15, 0.2) is 40.9 Å². The molecular weight excluding hydrogens is 322 g/mol. The summed E-state index contributed by atoms with van der Waals surface area (Å²) in [7, 11) is 0. The van der Waals surface area contributed by atoms with Crippen molar-refractivity contribution in [1.29, 1.82) is 0 Å². The van der Waals surface area contributed by atoms with Crippen LogP contribution in [0.2, 0.25) is 0 Å². The quantitative estimate of drug-likeness (QED) is 0.608. The monoisotopic (exact) mass is 335 g/mol. The summed E-state index contributed by atoms with van der Waals surface area (Å²) in [5, 5.41) is 10.9. The van der Waals surface area contributed by atoms with E-state index in [1.807, 2.05) is 38.1 Å². The van der Waals surface area contributed by atoms with Gasteiger partial charge in [0, 0.05) is 6.07 Å². The lowest BCUT2D eigenvalue weighted by atomic mass is 10.1. The minimum Gasteiger partial charge on any atom is -0.489 e. The summed E-state index contributed by atoms with van der Waals surface area (Å²) in [6.07, 6.45) is 0. The predicted molar refractivity (Wildman–Crippen MR) is 81.0 cm³/mol. The number of aryl methyl sites for hydroxylation is 2. The number of halogens is 1. The van der Waals surface area contributed by atoms with Crippen molar-refractivity contribution >= 4 is 21.6 Å². The maximum atomic E-state index is 10.9. The van der Waals surface area contributed by atoms with Crippen molar-refractivity contribution < 1.29 is 9.66 Å². The molecule has 104 valence electrons. The van der Waals surface area contributed by atoms with E-state index in [1.165, 1.54) is 6.07 Å². The molecule has 0 heterocycles. The lowest BCUT2D eigenvalue weighted by Gasteiger charge is -2.10. The summed E-state index contributed by atoms with van der Waals surface area (Å²) in [5.41, 5.74) is 2.97. The Morgan fingerprint density at radius 1 is 1.20 bits per heavy atom. The second kappa shape index (κ2) is 6.05. The number of nitro benzene ring substituents is 1. The largest absolute Gasteiger partial charge is 0.489 e. The number of ether oxygens (including phenoxy) is 1. The number of nitrogens with zero attached hydrogens (tertiary/aromatic N) is 1. The molecule has 5 heteroatoms. The Morgan fingerprint density at radius 2 is 1.95 bits per heavy atom. The van der Waals surface area contributed by atoms with Gasteiger partial charge < -0.3 is 4.74 Å². The van der Waals surface area contributed by atoms with E-state index in [0.717, 1.165) is 22.4 Å². The van der Waals surface area contributed by atoms with Gasteiger partial charge >= 0.3 is 0 Å². The SMILES string of the molecule is Cc1ccc(C)c(OCc2ccc(Br)c([N+](=O)[O-])c2)c1. The van der Waals surface area contributed by atoms with E-state index in [1.54, 1.807) is 6.07 Å². The molecule has 0 amide bonds.